The maximum absolute atomic E-state index is 12.6. The Hall–Kier alpha value is -1.03. The highest BCUT2D eigenvalue weighted by molar-refractivity contribution is 9.10. The molecule has 0 saturated carbocycles. The number of hydrogen-bond acceptors (Lipinski definition) is 2. The van der Waals surface area contributed by atoms with Crippen LogP contribution in [0.2, 0.25) is 0 Å². The molecule has 0 saturated heterocycles. The third-order valence-corrected chi connectivity index (χ3v) is 2.13. The van der Waals surface area contributed by atoms with Crippen LogP contribution in [0.15, 0.2) is 28.9 Å². The molecule has 1 heterocycles. The lowest BCUT2D eigenvalue weighted by Crippen LogP contribution is -1.87. The summed E-state index contributed by atoms with van der Waals surface area (Å²) < 4.78 is 13.4. The highest BCUT2D eigenvalue weighted by Crippen LogP contribution is 2.19. The molecule has 2 nitrogen and oxygen atoms in total. The maximum atomic E-state index is 12.6. The van der Waals surface area contributed by atoms with E-state index in [1.165, 1.54) is 0 Å². The van der Waals surface area contributed by atoms with E-state index in [0.717, 1.165) is 10.7 Å². The Labute approximate surface area is 76.6 Å². The molecule has 0 atom stereocenters. The van der Waals surface area contributed by atoms with E-state index < -0.39 is 5.95 Å². The van der Waals surface area contributed by atoms with Gasteiger partial charge in [0.1, 0.15) is 5.52 Å². The Balaban J connectivity index is 2.88. The third kappa shape index (κ3) is 1.18. The average Bonchev–Trinajstić information content (AvgIpc) is 2.07. The predicted molar refractivity (Wildman–Crippen MR) is 47.2 cm³/mol. The summed E-state index contributed by atoms with van der Waals surface area (Å²) in [5, 5.41) is 0. The molecule has 0 aliphatic carbocycles. The summed E-state index contributed by atoms with van der Waals surface area (Å²) in [7, 11) is 0. The summed E-state index contributed by atoms with van der Waals surface area (Å²) >= 11 is 3.26. The Bertz CT molecular complexity index is 430. The molecule has 0 aliphatic heterocycles. The lowest BCUT2D eigenvalue weighted by molar-refractivity contribution is 0.583. The van der Waals surface area contributed by atoms with Crippen molar-refractivity contribution in [1.29, 1.82) is 0 Å². The van der Waals surface area contributed by atoms with Crippen molar-refractivity contribution in [2.75, 3.05) is 0 Å². The van der Waals surface area contributed by atoms with Gasteiger partial charge in [0.2, 0.25) is 5.95 Å². The molecule has 4 heteroatoms. The van der Waals surface area contributed by atoms with Crippen molar-refractivity contribution in [3.8, 4) is 0 Å². The SMILES string of the molecule is Fc1cnc2cccc(Br)c2n1. The summed E-state index contributed by atoms with van der Waals surface area (Å²) in [6.45, 7) is 0. The number of nitrogens with zero attached hydrogens (tertiary/aromatic N) is 2. The molecule has 1 aromatic heterocycles. The van der Waals surface area contributed by atoms with E-state index in [2.05, 4.69) is 25.9 Å². The monoisotopic (exact) mass is 226 g/mol. The van der Waals surface area contributed by atoms with Crippen molar-refractivity contribution in [3.63, 3.8) is 0 Å². The Morgan fingerprint density at radius 2 is 2.17 bits per heavy atom. The molecule has 60 valence electrons. The maximum Gasteiger partial charge on any atom is 0.231 e. The van der Waals surface area contributed by atoms with Crippen molar-refractivity contribution in [3.05, 3.63) is 34.8 Å². The zero-order valence-electron chi connectivity index (χ0n) is 5.96. The molecule has 1 aromatic carbocycles. The lowest BCUT2D eigenvalue weighted by atomic mass is 10.3. The van der Waals surface area contributed by atoms with Crippen LogP contribution >= 0.6 is 15.9 Å². The fourth-order valence-corrected chi connectivity index (χ4v) is 1.42. The van der Waals surface area contributed by atoms with Crippen LogP contribution in [0.25, 0.3) is 11.0 Å². The fraction of sp³-hybridized carbons (Fsp3) is 0. The summed E-state index contributed by atoms with van der Waals surface area (Å²) in [6, 6.07) is 5.42. The molecule has 0 spiro atoms. The van der Waals surface area contributed by atoms with E-state index >= 15 is 0 Å². The predicted octanol–water partition coefficient (Wildman–Crippen LogP) is 2.53. The number of para-hydroxylation sites is 1. The van der Waals surface area contributed by atoms with Gasteiger partial charge in [-0.15, -0.1) is 0 Å². The number of hydrogen-bond donors (Lipinski definition) is 0. The summed E-state index contributed by atoms with van der Waals surface area (Å²) in [5.74, 6) is -0.561. The van der Waals surface area contributed by atoms with Gasteiger partial charge in [-0.3, -0.25) is 0 Å². The molecule has 0 amide bonds. The van der Waals surface area contributed by atoms with Crippen LogP contribution in [0.3, 0.4) is 0 Å². The van der Waals surface area contributed by atoms with Gasteiger partial charge < -0.3 is 0 Å². The number of halogens is 2. The van der Waals surface area contributed by atoms with Crippen LogP contribution in [-0.4, -0.2) is 9.97 Å². The van der Waals surface area contributed by atoms with Crippen molar-refractivity contribution in [2.45, 2.75) is 0 Å². The molecule has 0 radical (unpaired) electrons. The van der Waals surface area contributed by atoms with Gasteiger partial charge in [-0.05, 0) is 28.1 Å². The minimum absolute atomic E-state index is 0.553. The number of rotatable bonds is 0. The summed E-state index contributed by atoms with van der Waals surface area (Å²) in [4.78, 5) is 7.57. The van der Waals surface area contributed by atoms with Gasteiger partial charge in [-0.2, -0.15) is 4.39 Å². The van der Waals surface area contributed by atoms with E-state index in [9.17, 15) is 4.39 Å². The van der Waals surface area contributed by atoms with Crippen molar-refractivity contribution >= 4 is 27.0 Å². The van der Waals surface area contributed by atoms with Gasteiger partial charge in [-0.1, -0.05) is 6.07 Å². The molecule has 0 N–H and O–H groups in total. The summed E-state index contributed by atoms with van der Waals surface area (Å²) in [6.07, 6.45) is 1.11. The largest absolute Gasteiger partial charge is 0.250 e. The second-order valence-corrected chi connectivity index (χ2v) is 3.15. The minimum atomic E-state index is -0.561. The molecule has 0 unspecified atom stereocenters. The highest BCUT2D eigenvalue weighted by Gasteiger charge is 2.01. The smallest absolute Gasteiger partial charge is 0.231 e. The van der Waals surface area contributed by atoms with E-state index in [0.29, 0.717) is 11.0 Å². The normalized spacial score (nSPS) is 10.5. The molecular formula is C8H4BrFN2. The van der Waals surface area contributed by atoms with E-state index in [1.807, 2.05) is 6.07 Å². The second kappa shape index (κ2) is 2.79. The molecule has 0 aliphatic rings. The van der Waals surface area contributed by atoms with Crippen LogP contribution in [0.5, 0.6) is 0 Å². The molecular weight excluding hydrogens is 223 g/mol. The fourth-order valence-electron chi connectivity index (χ4n) is 0.977. The minimum Gasteiger partial charge on any atom is -0.250 e. The van der Waals surface area contributed by atoms with E-state index in [1.54, 1.807) is 12.1 Å². The number of fused-ring (bicyclic) bond motifs is 1. The van der Waals surface area contributed by atoms with Gasteiger partial charge in [0.25, 0.3) is 0 Å². The molecule has 12 heavy (non-hydrogen) atoms. The van der Waals surface area contributed by atoms with Crippen LogP contribution in [0, 0.1) is 5.95 Å². The number of benzene rings is 1. The first-order chi connectivity index (χ1) is 5.77. The van der Waals surface area contributed by atoms with Gasteiger partial charge in [0, 0.05) is 4.47 Å². The average molecular weight is 227 g/mol. The second-order valence-electron chi connectivity index (χ2n) is 2.30. The van der Waals surface area contributed by atoms with Crippen LogP contribution in [0.1, 0.15) is 0 Å². The molecule has 0 bridgehead atoms. The zero-order valence-corrected chi connectivity index (χ0v) is 7.55. The molecule has 2 aromatic rings. The van der Waals surface area contributed by atoms with Crippen LogP contribution in [0.4, 0.5) is 4.39 Å². The Morgan fingerprint density at radius 1 is 1.33 bits per heavy atom. The van der Waals surface area contributed by atoms with Gasteiger partial charge >= 0.3 is 0 Å². The first-order valence-corrected chi connectivity index (χ1v) is 4.13. The summed E-state index contributed by atoms with van der Waals surface area (Å²) in [5.41, 5.74) is 1.24. The lowest BCUT2D eigenvalue weighted by Gasteiger charge is -1.97. The van der Waals surface area contributed by atoms with Crippen molar-refractivity contribution in [1.82, 2.24) is 9.97 Å². The topological polar surface area (TPSA) is 25.8 Å². The quantitative estimate of drug-likeness (QED) is 0.691. The van der Waals surface area contributed by atoms with Crippen molar-refractivity contribution in [2.24, 2.45) is 0 Å². The third-order valence-electron chi connectivity index (χ3n) is 1.49. The van der Waals surface area contributed by atoms with Crippen LogP contribution < -0.4 is 0 Å². The van der Waals surface area contributed by atoms with Gasteiger partial charge in [0.15, 0.2) is 0 Å². The molecule has 0 fully saturated rings. The number of aromatic nitrogens is 2. The van der Waals surface area contributed by atoms with E-state index in [4.69, 9.17) is 0 Å². The highest BCUT2D eigenvalue weighted by atomic mass is 79.9. The first kappa shape index (κ1) is 7.61. The Morgan fingerprint density at radius 3 is 3.00 bits per heavy atom. The van der Waals surface area contributed by atoms with Crippen LogP contribution in [-0.2, 0) is 0 Å². The Kier molecular flexibility index (Phi) is 1.77. The first-order valence-electron chi connectivity index (χ1n) is 3.34. The van der Waals surface area contributed by atoms with E-state index in [-0.39, 0.29) is 0 Å². The van der Waals surface area contributed by atoms with Gasteiger partial charge in [0.05, 0.1) is 11.7 Å². The molecule has 2 rings (SSSR count). The zero-order chi connectivity index (χ0) is 8.55. The van der Waals surface area contributed by atoms with Crippen molar-refractivity contribution < 1.29 is 4.39 Å². The van der Waals surface area contributed by atoms with Gasteiger partial charge in [-0.25, -0.2) is 9.97 Å². The standard InChI is InChI=1S/C8H4BrFN2/c9-5-2-1-3-6-8(5)12-7(10)4-11-6/h1-4H.